The number of ether oxygens (including phenoxy) is 1. The summed E-state index contributed by atoms with van der Waals surface area (Å²) >= 11 is 0. The van der Waals surface area contributed by atoms with Crippen molar-refractivity contribution in [3.05, 3.63) is 23.9 Å². The number of pyridine rings is 1. The van der Waals surface area contributed by atoms with Gasteiger partial charge in [0.25, 0.3) is 0 Å². The lowest BCUT2D eigenvalue weighted by Crippen LogP contribution is -2.52. The van der Waals surface area contributed by atoms with Crippen LogP contribution in [0.4, 0.5) is 5.82 Å². The Labute approximate surface area is 78.3 Å². The van der Waals surface area contributed by atoms with E-state index < -0.39 is 0 Å². The van der Waals surface area contributed by atoms with Gasteiger partial charge in [0.15, 0.2) is 0 Å². The first-order valence-corrected chi connectivity index (χ1v) is 4.50. The van der Waals surface area contributed by atoms with Crippen LogP contribution in [0.5, 0.6) is 0 Å². The summed E-state index contributed by atoms with van der Waals surface area (Å²) in [5.74, 6) is 1.06. The third-order valence-corrected chi connectivity index (χ3v) is 2.41. The van der Waals surface area contributed by atoms with Gasteiger partial charge in [-0.2, -0.15) is 0 Å². The summed E-state index contributed by atoms with van der Waals surface area (Å²) in [6.45, 7) is 4.01. The largest absolute Gasteiger partial charge is 0.378 e. The maximum absolute atomic E-state index is 5.20. The predicted octanol–water partition coefficient (Wildman–Crippen LogP) is 1.23. The third-order valence-electron chi connectivity index (χ3n) is 2.41. The minimum absolute atomic E-state index is 0.391. The highest BCUT2D eigenvalue weighted by molar-refractivity contribution is 5.43. The number of rotatable bonds is 2. The number of aryl methyl sites for hydroxylation is 1. The molecule has 0 N–H and O–H groups in total. The van der Waals surface area contributed by atoms with E-state index in [9.17, 15) is 0 Å². The van der Waals surface area contributed by atoms with Gasteiger partial charge in [0.05, 0.1) is 6.10 Å². The molecule has 0 radical (unpaired) electrons. The molecule has 0 amide bonds. The molecule has 3 nitrogen and oxygen atoms in total. The Morgan fingerprint density at radius 1 is 1.54 bits per heavy atom. The summed E-state index contributed by atoms with van der Waals surface area (Å²) in [6.07, 6.45) is 2.24. The van der Waals surface area contributed by atoms with Crippen LogP contribution in [0.3, 0.4) is 0 Å². The molecule has 1 aliphatic rings. The van der Waals surface area contributed by atoms with E-state index in [-0.39, 0.29) is 0 Å². The van der Waals surface area contributed by atoms with E-state index in [1.807, 2.05) is 12.3 Å². The van der Waals surface area contributed by atoms with E-state index in [1.54, 1.807) is 7.11 Å². The Kier molecular flexibility index (Phi) is 2.19. The molecule has 70 valence electrons. The quantitative estimate of drug-likeness (QED) is 0.681. The number of anilines is 1. The fraction of sp³-hybridized carbons (Fsp3) is 0.500. The monoisotopic (exact) mass is 178 g/mol. The Balaban J connectivity index is 2.03. The van der Waals surface area contributed by atoms with Crippen molar-refractivity contribution in [2.45, 2.75) is 13.0 Å². The van der Waals surface area contributed by atoms with Crippen LogP contribution >= 0.6 is 0 Å². The van der Waals surface area contributed by atoms with Crippen LogP contribution in [0.2, 0.25) is 0 Å². The molecule has 0 aliphatic carbocycles. The molecule has 2 rings (SSSR count). The third kappa shape index (κ3) is 1.65. The van der Waals surface area contributed by atoms with Crippen LogP contribution in [-0.2, 0) is 4.74 Å². The number of aromatic nitrogens is 1. The molecule has 1 aromatic heterocycles. The lowest BCUT2D eigenvalue weighted by molar-refractivity contribution is 0.0783. The summed E-state index contributed by atoms with van der Waals surface area (Å²) < 4.78 is 5.20. The first-order chi connectivity index (χ1) is 6.29. The number of hydrogen-bond acceptors (Lipinski definition) is 3. The molecule has 13 heavy (non-hydrogen) atoms. The van der Waals surface area contributed by atoms with Crippen molar-refractivity contribution in [1.29, 1.82) is 0 Å². The van der Waals surface area contributed by atoms with Crippen LogP contribution in [0.25, 0.3) is 0 Å². The zero-order valence-electron chi connectivity index (χ0n) is 8.03. The molecule has 1 saturated heterocycles. The van der Waals surface area contributed by atoms with Gasteiger partial charge in [-0.3, -0.25) is 0 Å². The van der Waals surface area contributed by atoms with Crippen molar-refractivity contribution in [3.8, 4) is 0 Å². The zero-order chi connectivity index (χ0) is 9.26. The summed E-state index contributed by atoms with van der Waals surface area (Å²) in [4.78, 5) is 6.52. The summed E-state index contributed by atoms with van der Waals surface area (Å²) in [5, 5.41) is 0. The molecule has 0 saturated carbocycles. The standard InChI is InChI=1S/C10H14N2O/c1-8-3-4-11-10(5-8)12-6-9(7-12)13-2/h3-5,9H,6-7H2,1-2H3. The van der Waals surface area contributed by atoms with E-state index in [1.165, 1.54) is 5.56 Å². The summed E-state index contributed by atoms with van der Waals surface area (Å²) in [6, 6.07) is 4.11. The molecule has 0 unspecified atom stereocenters. The van der Waals surface area contributed by atoms with Gasteiger partial charge in [0.2, 0.25) is 0 Å². The van der Waals surface area contributed by atoms with Gasteiger partial charge in [0.1, 0.15) is 5.82 Å². The average Bonchev–Trinajstić information content (AvgIpc) is 2.02. The number of methoxy groups -OCH3 is 1. The Hall–Kier alpha value is -1.09. The van der Waals surface area contributed by atoms with Crippen LogP contribution in [0, 0.1) is 6.92 Å². The van der Waals surface area contributed by atoms with Crippen LogP contribution in [0.15, 0.2) is 18.3 Å². The second kappa shape index (κ2) is 3.34. The Morgan fingerprint density at radius 3 is 2.92 bits per heavy atom. The van der Waals surface area contributed by atoms with E-state index in [4.69, 9.17) is 4.74 Å². The van der Waals surface area contributed by atoms with Crippen molar-refractivity contribution in [2.75, 3.05) is 25.1 Å². The molecule has 3 heteroatoms. The minimum Gasteiger partial charge on any atom is -0.378 e. The summed E-state index contributed by atoms with van der Waals surface area (Å²) in [7, 11) is 1.76. The van der Waals surface area contributed by atoms with Gasteiger partial charge >= 0.3 is 0 Å². The first kappa shape index (κ1) is 8.51. The van der Waals surface area contributed by atoms with Gasteiger partial charge in [-0.05, 0) is 24.6 Å². The van der Waals surface area contributed by atoms with Crippen molar-refractivity contribution in [1.82, 2.24) is 4.98 Å². The van der Waals surface area contributed by atoms with Crippen LogP contribution in [-0.4, -0.2) is 31.3 Å². The number of hydrogen-bond donors (Lipinski definition) is 0. The normalized spacial score (nSPS) is 17.2. The maximum Gasteiger partial charge on any atom is 0.128 e. The van der Waals surface area contributed by atoms with E-state index in [0.717, 1.165) is 18.9 Å². The van der Waals surface area contributed by atoms with Gasteiger partial charge in [-0.15, -0.1) is 0 Å². The number of nitrogens with zero attached hydrogens (tertiary/aromatic N) is 2. The highest BCUT2D eigenvalue weighted by Crippen LogP contribution is 2.20. The Bertz CT molecular complexity index is 295. The first-order valence-electron chi connectivity index (χ1n) is 4.50. The average molecular weight is 178 g/mol. The van der Waals surface area contributed by atoms with E-state index in [2.05, 4.69) is 22.9 Å². The smallest absolute Gasteiger partial charge is 0.128 e. The lowest BCUT2D eigenvalue weighted by atomic mass is 10.1. The van der Waals surface area contributed by atoms with Gasteiger partial charge < -0.3 is 9.64 Å². The van der Waals surface area contributed by atoms with Crippen molar-refractivity contribution in [2.24, 2.45) is 0 Å². The highest BCUT2D eigenvalue weighted by Gasteiger charge is 2.27. The fourth-order valence-corrected chi connectivity index (χ4v) is 1.47. The van der Waals surface area contributed by atoms with E-state index >= 15 is 0 Å². The second-order valence-electron chi connectivity index (χ2n) is 3.45. The topological polar surface area (TPSA) is 25.4 Å². The lowest BCUT2D eigenvalue weighted by Gasteiger charge is -2.39. The summed E-state index contributed by atoms with van der Waals surface area (Å²) in [5.41, 5.74) is 1.26. The van der Waals surface area contributed by atoms with Gasteiger partial charge in [0, 0.05) is 26.4 Å². The predicted molar refractivity (Wildman–Crippen MR) is 52.0 cm³/mol. The zero-order valence-corrected chi connectivity index (χ0v) is 8.03. The molecule has 0 bridgehead atoms. The van der Waals surface area contributed by atoms with Crippen molar-refractivity contribution < 1.29 is 4.74 Å². The fourth-order valence-electron chi connectivity index (χ4n) is 1.47. The van der Waals surface area contributed by atoms with Crippen LogP contribution in [0.1, 0.15) is 5.56 Å². The van der Waals surface area contributed by atoms with Crippen molar-refractivity contribution in [3.63, 3.8) is 0 Å². The SMILES string of the molecule is COC1CN(c2cc(C)ccn2)C1. The second-order valence-corrected chi connectivity index (χ2v) is 3.45. The van der Waals surface area contributed by atoms with Crippen LogP contribution < -0.4 is 4.90 Å². The van der Waals surface area contributed by atoms with E-state index in [0.29, 0.717) is 6.10 Å². The molecule has 0 atom stereocenters. The molecular weight excluding hydrogens is 164 g/mol. The van der Waals surface area contributed by atoms with Gasteiger partial charge in [-0.25, -0.2) is 4.98 Å². The van der Waals surface area contributed by atoms with Gasteiger partial charge in [-0.1, -0.05) is 0 Å². The Morgan fingerprint density at radius 2 is 2.31 bits per heavy atom. The minimum atomic E-state index is 0.391. The molecular formula is C10H14N2O. The molecule has 1 aromatic rings. The maximum atomic E-state index is 5.20. The molecule has 0 spiro atoms. The molecule has 1 aliphatic heterocycles. The highest BCUT2D eigenvalue weighted by atomic mass is 16.5. The molecule has 1 fully saturated rings. The van der Waals surface area contributed by atoms with Crippen molar-refractivity contribution >= 4 is 5.82 Å². The molecule has 2 heterocycles. The molecule has 0 aromatic carbocycles.